The maximum atomic E-state index is 12.8. The molecule has 4 rings (SSSR count). The zero-order chi connectivity index (χ0) is 19.2. The van der Waals surface area contributed by atoms with Crippen LogP contribution in [0.25, 0.3) is 11.4 Å². The summed E-state index contributed by atoms with van der Waals surface area (Å²) in [6.45, 7) is 0.810. The van der Waals surface area contributed by atoms with Crippen molar-refractivity contribution in [1.82, 2.24) is 25.0 Å². The third kappa shape index (κ3) is 4.24. The van der Waals surface area contributed by atoms with E-state index in [0.29, 0.717) is 31.0 Å². The average Bonchev–Trinajstić information content (AvgIpc) is 3.24. The van der Waals surface area contributed by atoms with E-state index in [0.717, 1.165) is 36.9 Å². The van der Waals surface area contributed by atoms with Crippen molar-refractivity contribution in [3.8, 4) is 11.4 Å². The van der Waals surface area contributed by atoms with Gasteiger partial charge in [-0.1, -0.05) is 11.2 Å². The quantitative estimate of drug-likeness (QED) is 0.652. The minimum atomic E-state index is 0.135. The van der Waals surface area contributed by atoms with E-state index in [1.807, 2.05) is 29.3 Å². The molecule has 1 atom stereocenters. The zero-order valence-corrected chi connectivity index (χ0v) is 15.7. The number of likely N-dealkylation sites (tertiary alicyclic amines) is 1. The normalized spacial score (nSPS) is 16.9. The molecule has 1 saturated heterocycles. The van der Waals surface area contributed by atoms with Crippen LogP contribution >= 0.6 is 0 Å². The fourth-order valence-electron chi connectivity index (χ4n) is 3.65. The molecule has 0 unspecified atom stereocenters. The molecule has 1 fully saturated rings. The van der Waals surface area contributed by atoms with Crippen LogP contribution in [0.3, 0.4) is 0 Å². The molecule has 144 valence electrons. The smallest absolute Gasteiger partial charge is 0.226 e. The maximum Gasteiger partial charge on any atom is 0.226 e. The molecular weight excluding hydrogens is 354 g/mol. The summed E-state index contributed by atoms with van der Waals surface area (Å²) in [6, 6.07) is 7.85. The molecule has 7 heteroatoms. The first kappa shape index (κ1) is 18.3. The number of nitrogens with zero attached hydrogens (tertiary/aromatic N) is 5. The second-order valence-corrected chi connectivity index (χ2v) is 6.99. The second-order valence-electron chi connectivity index (χ2n) is 6.99. The molecule has 0 bridgehead atoms. The van der Waals surface area contributed by atoms with Crippen molar-refractivity contribution < 1.29 is 9.32 Å². The standard InChI is InChI=1S/C21H23N5O2/c27-20(26-13-2-1-8-18(26)16-6-4-11-22-14-16)10-3-9-19-24-21(25-28-19)17-7-5-12-23-15-17/h4-7,11-12,14-15,18H,1-3,8-10,13H2/t18-/m1/s1. The fraction of sp³-hybridized carbons (Fsp3) is 0.381. The van der Waals surface area contributed by atoms with Crippen LogP contribution < -0.4 is 0 Å². The Balaban J connectivity index is 1.33. The van der Waals surface area contributed by atoms with Crippen LogP contribution in [0.4, 0.5) is 0 Å². The lowest BCUT2D eigenvalue weighted by Crippen LogP contribution is -2.38. The molecule has 28 heavy (non-hydrogen) atoms. The van der Waals surface area contributed by atoms with Gasteiger partial charge in [-0.05, 0) is 49.4 Å². The van der Waals surface area contributed by atoms with Gasteiger partial charge in [0.05, 0.1) is 6.04 Å². The molecule has 0 aliphatic carbocycles. The van der Waals surface area contributed by atoms with Crippen LogP contribution in [0.1, 0.15) is 49.6 Å². The summed E-state index contributed by atoms with van der Waals surface area (Å²) in [6.07, 6.45) is 12.0. The predicted octanol–water partition coefficient (Wildman–Crippen LogP) is 3.60. The largest absolute Gasteiger partial charge is 0.339 e. The summed E-state index contributed by atoms with van der Waals surface area (Å²) < 4.78 is 5.31. The van der Waals surface area contributed by atoms with Crippen LogP contribution in [0, 0.1) is 0 Å². The molecule has 1 amide bonds. The molecular formula is C21H23N5O2. The summed E-state index contributed by atoms with van der Waals surface area (Å²) >= 11 is 0. The number of carbonyl (C=O) groups excluding carboxylic acids is 1. The summed E-state index contributed by atoms with van der Waals surface area (Å²) in [7, 11) is 0. The Morgan fingerprint density at radius 1 is 1.14 bits per heavy atom. The molecule has 0 saturated carbocycles. The zero-order valence-electron chi connectivity index (χ0n) is 15.7. The maximum absolute atomic E-state index is 12.8. The van der Waals surface area contributed by atoms with Crippen molar-refractivity contribution in [1.29, 1.82) is 0 Å². The van der Waals surface area contributed by atoms with Gasteiger partial charge >= 0.3 is 0 Å². The van der Waals surface area contributed by atoms with Gasteiger partial charge < -0.3 is 9.42 Å². The lowest BCUT2D eigenvalue weighted by molar-refractivity contribution is -0.135. The van der Waals surface area contributed by atoms with Crippen molar-refractivity contribution in [2.75, 3.05) is 6.54 Å². The monoisotopic (exact) mass is 377 g/mol. The van der Waals surface area contributed by atoms with E-state index in [1.54, 1.807) is 18.6 Å². The van der Waals surface area contributed by atoms with E-state index in [-0.39, 0.29) is 11.9 Å². The predicted molar refractivity (Wildman–Crippen MR) is 103 cm³/mol. The van der Waals surface area contributed by atoms with Crippen LogP contribution in [-0.4, -0.2) is 37.5 Å². The fourth-order valence-corrected chi connectivity index (χ4v) is 3.65. The summed E-state index contributed by atoms with van der Waals surface area (Å²) in [5.41, 5.74) is 1.94. The number of aromatic nitrogens is 4. The topological polar surface area (TPSA) is 85.0 Å². The second kappa shape index (κ2) is 8.73. The van der Waals surface area contributed by atoms with E-state index >= 15 is 0 Å². The third-order valence-corrected chi connectivity index (χ3v) is 5.06. The molecule has 1 aliphatic heterocycles. The minimum absolute atomic E-state index is 0.135. The van der Waals surface area contributed by atoms with E-state index in [9.17, 15) is 4.79 Å². The molecule has 0 spiro atoms. The Morgan fingerprint density at radius 2 is 2.00 bits per heavy atom. The Bertz CT molecular complexity index is 897. The highest BCUT2D eigenvalue weighted by atomic mass is 16.5. The number of rotatable bonds is 6. The number of piperidine rings is 1. The van der Waals surface area contributed by atoms with Crippen molar-refractivity contribution in [3.63, 3.8) is 0 Å². The lowest BCUT2D eigenvalue weighted by atomic mass is 9.96. The molecule has 7 nitrogen and oxygen atoms in total. The van der Waals surface area contributed by atoms with Gasteiger partial charge in [0.15, 0.2) is 0 Å². The molecule has 1 aliphatic rings. The van der Waals surface area contributed by atoms with Gasteiger partial charge in [-0.2, -0.15) is 4.98 Å². The number of carbonyl (C=O) groups is 1. The van der Waals surface area contributed by atoms with Crippen LogP contribution in [0.5, 0.6) is 0 Å². The number of hydrogen-bond acceptors (Lipinski definition) is 6. The van der Waals surface area contributed by atoms with Crippen LogP contribution in [-0.2, 0) is 11.2 Å². The van der Waals surface area contributed by atoms with E-state index < -0.39 is 0 Å². The highest BCUT2D eigenvalue weighted by molar-refractivity contribution is 5.76. The number of hydrogen-bond donors (Lipinski definition) is 0. The van der Waals surface area contributed by atoms with Crippen LogP contribution in [0.15, 0.2) is 53.6 Å². The first-order chi connectivity index (χ1) is 13.8. The number of aryl methyl sites for hydroxylation is 1. The molecule has 0 radical (unpaired) electrons. The van der Waals surface area contributed by atoms with E-state index in [1.165, 1.54) is 0 Å². The van der Waals surface area contributed by atoms with Gasteiger partial charge in [0.2, 0.25) is 17.6 Å². The minimum Gasteiger partial charge on any atom is -0.339 e. The first-order valence-electron chi connectivity index (χ1n) is 9.73. The summed E-state index contributed by atoms with van der Waals surface area (Å²) in [5.74, 6) is 1.26. The SMILES string of the molecule is O=C(CCCc1nc(-c2cccnc2)no1)N1CCCC[C@@H]1c1cccnc1. The highest BCUT2D eigenvalue weighted by Gasteiger charge is 2.27. The van der Waals surface area contributed by atoms with E-state index in [2.05, 4.69) is 26.2 Å². The Kier molecular flexibility index (Phi) is 5.70. The third-order valence-electron chi connectivity index (χ3n) is 5.06. The average molecular weight is 377 g/mol. The number of amides is 1. The van der Waals surface area contributed by atoms with Crippen molar-refractivity contribution in [3.05, 3.63) is 60.5 Å². The van der Waals surface area contributed by atoms with Gasteiger partial charge in [-0.3, -0.25) is 14.8 Å². The highest BCUT2D eigenvalue weighted by Crippen LogP contribution is 2.31. The summed E-state index contributed by atoms with van der Waals surface area (Å²) in [5, 5.41) is 4.00. The molecule has 3 aromatic heterocycles. The van der Waals surface area contributed by atoms with Gasteiger partial charge in [0, 0.05) is 49.7 Å². The first-order valence-corrected chi connectivity index (χ1v) is 9.73. The number of pyridine rings is 2. The lowest BCUT2D eigenvalue weighted by Gasteiger charge is -2.36. The van der Waals surface area contributed by atoms with Gasteiger partial charge in [0.1, 0.15) is 0 Å². The summed E-state index contributed by atoms with van der Waals surface area (Å²) in [4.78, 5) is 27.5. The van der Waals surface area contributed by atoms with Gasteiger partial charge in [0.25, 0.3) is 0 Å². The Labute approximate surface area is 163 Å². The molecule has 3 aromatic rings. The van der Waals surface area contributed by atoms with Crippen molar-refractivity contribution in [2.45, 2.75) is 44.6 Å². The Morgan fingerprint density at radius 3 is 2.79 bits per heavy atom. The van der Waals surface area contributed by atoms with Gasteiger partial charge in [-0.25, -0.2) is 0 Å². The molecule has 0 aromatic carbocycles. The van der Waals surface area contributed by atoms with E-state index in [4.69, 9.17) is 4.52 Å². The molecule has 0 N–H and O–H groups in total. The molecule has 4 heterocycles. The Hall–Kier alpha value is -3.09. The van der Waals surface area contributed by atoms with Crippen molar-refractivity contribution in [2.24, 2.45) is 0 Å². The van der Waals surface area contributed by atoms with Crippen LogP contribution in [0.2, 0.25) is 0 Å². The van der Waals surface area contributed by atoms with Gasteiger partial charge in [-0.15, -0.1) is 0 Å². The van der Waals surface area contributed by atoms with Crippen molar-refractivity contribution >= 4 is 5.91 Å².